The number of benzene rings is 1. The Morgan fingerprint density at radius 3 is 3.17 bits per heavy atom. The molecule has 2 aliphatic heterocycles. The van der Waals surface area contributed by atoms with Crippen molar-refractivity contribution in [2.45, 2.75) is 19.9 Å². The third-order valence-corrected chi connectivity index (χ3v) is 5.45. The van der Waals surface area contributed by atoms with Crippen LogP contribution in [0.25, 0.3) is 0 Å². The van der Waals surface area contributed by atoms with E-state index in [1.807, 2.05) is 0 Å². The SMILES string of the molecule is CCN1CCc2nc(NC(=O)c3cc(Cl)c4c(c3)OCO4)sc2C1. The van der Waals surface area contributed by atoms with Crippen LogP contribution in [0, 0.1) is 0 Å². The lowest BCUT2D eigenvalue weighted by Crippen LogP contribution is -2.29. The number of hydrogen-bond acceptors (Lipinski definition) is 6. The molecule has 0 saturated heterocycles. The third-order valence-electron chi connectivity index (χ3n) is 4.17. The summed E-state index contributed by atoms with van der Waals surface area (Å²) < 4.78 is 10.6. The molecule has 0 spiro atoms. The topological polar surface area (TPSA) is 63.7 Å². The Kier molecular flexibility index (Phi) is 4.07. The number of amides is 1. The molecule has 2 aliphatic rings. The molecule has 3 heterocycles. The van der Waals surface area contributed by atoms with Gasteiger partial charge in [-0.1, -0.05) is 18.5 Å². The summed E-state index contributed by atoms with van der Waals surface area (Å²) in [5.74, 6) is 0.718. The average Bonchev–Trinajstić information content (AvgIpc) is 3.19. The van der Waals surface area contributed by atoms with Crippen LogP contribution in [0.15, 0.2) is 12.1 Å². The molecule has 126 valence electrons. The predicted molar refractivity (Wildman–Crippen MR) is 92.3 cm³/mol. The number of nitrogens with zero attached hydrogens (tertiary/aromatic N) is 2. The van der Waals surface area contributed by atoms with E-state index in [0.29, 0.717) is 27.2 Å². The molecule has 2 aromatic rings. The van der Waals surface area contributed by atoms with Crippen LogP contribution in [-0.2, 0) is 13.0 Å². The summed E-state index contributed by atoms with van der Waals surface area (Å²) in [6.45, 7) is 5.20. The maximum Gasteiger partial charge on any atom is 0.257 e. The highest BCUT2D eigenvalue weighted by Crippen LogP contribution is 2.40. The number of ether oxygens (including phenoxy) is 2. The number of aromatic nitrogens is 1. The fourth-order valence-electron chi connectivity index (χ4n) is 2.84. The van der Waals surface area contributed by atoms with E-state index in [2.05, 4.69) is 22.1 Å². The first-order chi connectivity index (χ1) is 11.6. The number of anilines is 1. The maximum absolute atomic E-state index is 12.5. The fourth-order valence-corrected chi connectivity index (χ4v) is 4.15. The van der Waals surface area contributed by atoms with Crippen LogP contribution >= 0.6 is 22.9 Å². The standard InChI is InChI=1S/C16H16ClN3O3S/c1-2-20-4-3-11-13(7-20)24-16(18-11)19-15(21)9-5-10(17)14-12(6-9)22-8-23-14/h5-6H,2-4,7-8H2,1H3,(H,18,19,21). The van der Waals surface area contributed by atoms with Crippen LogP contribution < -0.4 is 14.8 Å². The zero-order valence-electron chi connectivity index (χ0n) is 13.1. The van der Waals surface area contributed by atoms with E-state index in [1.54, 1.807) is 12.1 Å². The number of halogens is 1. The van der Waals surface area contributed by atoms with E-state index < -0.39 is 0 Å². The van der Waals surface area contributed by atoms with Gasteiger partial charge in [-0.15, -0.1) is 11.3 Å². The first-order valence-corrected chi connectivity index (χ1v) is 8.95. The second-order valence-corrected chi connectivity index (χ2v) is 7.14. The summed E-state index contributed by atoms with van der Waals surface area (Å²) in [6, 6.07) is 3.21. The second kappa shape index (κ2) is 6.23. The van der Waals surface area contributed by atoms with E-state index in [4.69, 9.17) is 21.1 Å². The van der Waals surface area contributed by atoms with Crippen molar-refractivity contribution in [3.63, 3.8) is 0 Å². The predicted octanol–water partition coefficient (Wildman–Crippen LogP) is 3.16. The number of rotatable bonds is 3. The minimum atomic E-state index is -0.256. The summed E-state index contributed by atoms with van der Waals surface area (Å²) >= 11 is 7.67. The van der Waals surface area contributed by atoms with E-state index in [0.717, 1.165) is 31.7 Å². The Balaban J connectivity index is 1.53. The molecule has 0 saturated carbocycles. The molecule has 4 rings (SSSR count). The summed E-state index contributed by atoms with van der Waals surface area (Å²) in [5.41, 5.74) is 1.51. The van der Waals surface area contributed by atoms with Gasteiger partial charge in [0, 0.05) is 30.0 Å². The lowest BCUT2D eigenvalue weighted by Gasteiger charge is -2.23. The number of fused-ring (bicyclic) bond motifs is 2. The van der Waals surface area contributed by atoms with Crippen LogP contribution in [-0.4, -0.2) is 35.7 Å². The molecule has 0 atom stereocenters. The fraction of sp³-hybridized carbons (Fsp3) is 0.375. The van der Waals surface area contributed by atoms with Crippen LogP contribution in [0.1, 0.15) is 27.9 Å². The lowest BCUT2D eigenvalue weighted by atomic mass is 10.2. The molecule has 0 radical (unpaired) electrons. The molecule has 1 amide bonds. The van der Waals surface area contributed by atoms with Gasteiger partial charge in [-0.3, -0.25) is 15.0 Å². The van der Waals surface area contributed by atoms with E-state index in [-0.39, 0.29) is 12.7 Å². The Morgan fingerprint density at radius 2 is 2.33 bits per heavy atom. The van der Waals surface area contributed by atoms with E-state index in [1.165, 1.54) is 16.2 Å². The largest absolute Gasteiger partial charge is 0.454 e. The molecule has 24 heavy (non-hydrogen) atoms. The minimum Gasteiger partial charge on any atom is -0.454 e. The van der Waals surface area contributed by atoms with Crippen molar-refractivity contribution in [1.29, 1.82) is 0 Å². The van der Waals surface area contributed by atoms with Crippen molar-refractivity contribution in [2.24, 2.45) is 0 Å². The number of carbonyl (C=O) groups excluding carboxylic acids is 1. The number of thiazole rings is 1. The van der Waals surface area contributed by atoms with Gasteiger partial charge >= 0.3 is 0 Å². The highest BCUT2D eigenvalue weighted by atomic mass is 35.5. The minimum absolute atomic E-state index is 0.118. The summed E-state index contributed by atoms with van der Waals surface area (Å²) in [6.07, 6.45) is 0.922. The van der Waals surface area contributed by atoms with Gasteiger partial charge in [0.2, 0.25) is 6.79 Å². The Morgan fingerprint density at radius 1 is 1.46 bits per heavy atom. The van der Waals surface area contributed by atoms with Gasteiger partial charge in [0.15, 0.2) is 16.6 Å². The molecule has 1 N–H and O–H groups in total. The normalized spacial score (nSPS) is 16.1. The Labute approximate surface area is 148 Å². The zero-order valence-corrected chi connectivity index (χ0v) is 14.7. The van der Waals surface area contributed by atoms with Crippen LogP contribution in [0.5, 0.6) is 11.5 Å². The second-order valence-electron chi connectivity index (χ2n) is 5.65. The summed E-state index contributed by atoms with van der Waals surface area (Å²) in [5, 5.41) is 3.85. The zero-order chi connectivity index (χ0) is 16.7. The van der Waals surface area contributed by atoms with Gasteiger partial charge in [-0.05, 0) is 18.7 Å². The smallest absolute Gasteiger partial charge is 0.257 e. The molecule has 1 aromatic heterocycles. The average molecular weight is 366 g/mol. The lowest BCUT2D eigenvalue weighted by molar-refractivity contribution is 0.102. The van der Waals surface area contributed by atoms with E-state index >= 15 is 0 Å². The monoisotopic (exact) mass is 365 g/mol. The van der Waals surface area contributed by atoms with Gasteiger partial charge in [0.05, 0.1) is 10.7 Å². The van der Waals surface area contributed by atoms with Gasteiger partial charge in [0.1, 0.15) is 0 Å². The molecule has 1 aromatic carbocycles. The number of nitrogens with one attached hydrogen (secondary N) is 1. The third kappa shape index (κ3) is 2.83. The first-order valence-electron chi connectivity index (χ1n) is 7.75. The maximum atomic E-state index is 12.5. The van der Waals surface area contributed by atoms with Crippen molar-refractivity contribution in [3.05, 3.63) is 33.3 Å². The molecular weight excluding hydrogens is 350 g/mol. The van der Waals surface area contributed by atoms with Gasteiger partial charge < -0.3 is 9.47 Å². The Bertz CT molecular complexity index is 808. The van der Waals surface area contributed by atoms with Gasteiger partial charge in [-0.2, -0.15) is 0 Å². The molecule has 8 heteroatoms. The number of likely N-dealkylation sites (N-methyl/N-ethyl adjacent to an activating group) is 1. The summed E-state index contributed by atoms with van der Waals surface area (Å²) in [7, 11) is 0. The van der Waals surface area contributed by atoms with Gasteiger partial charge in [0.25, 0.3) is 5.91 Å². The molecule has 0 bridgehead atoms. The van der Waals surface area contributed by atoms with Crippen molar-refractivity contribution in [1.82, 2.24) is 9.88 Å². The van der Waals surface area contributed by atoms with Gasteiger partial charge in [-0.25, -0.2) is 4.98 Å². The highest BCUT2D eigenvalue weighted by molar-refractivity contribution is 7.15. The van der Waals surface area contributed by atoms with Crippen molar-refractivity contribution in [3.8, 4) is 11.5 Å². The molecule has 0 unspecified atom stereocenters. The summed E-state index contributed by atoms with van der Waals surface area (Å²) in [4.78, 5) is 20.6. The molecular formula is C16H16ClN3O3S. The highest BCUT2D eigenvalue weighted by Gasteiger charge is 2.23. The molecule has 0 fully saturated rings. The number of carbonyl (C=O) groups is 1. The molecule has 6 nitrogen and oxygen atoms in total. The molecule has 0 aliphatic carbocycles. The van der Waals surface area contributed by atoms with Crippen LogP contribution in [0.4, 0.5) is 5.13 Å². The van der Waals surface area contributed by atoms with E-state index in [9.17, 15) is 4.79 Å². The Hall–Kier alpha value is -1.83. The first kappa shape index (κ1) is 15.7. The van der Waals surface area contributed by atoms with Crippen molar-refractivity contribution in [2.75, 3.05) is 25.2 Å². The van der Waals surface area contributed by atoms with Crippen LogP contribution in [0.2, 0.25) is 5.02 Å². The quantitative estimate of drug-likeness (QED) is 0.905. The number of hydrogen-bond donors (Lipinski definition) is 1. The van der Waals surface area contributed by atoms with Crippen LogP contribution in [0.3, 0.4) is 0 Å². The van der Waals surface area contributed by atoms with Crippen molar-refractivity contribution < 1.29 is 14.3 Å². The van der Waals surface area contributed by atoms with Crippen molar-refractivity contribution >= 4 is 34.0 Å².